The van der Waals surface area contributed by atoms with E-state index in [1.165, 1.54) is 0 Å². The van der Waals surface area contributed by atoms with Crippen molar-refractivity contribution in [3.8, 4) is 0 Å². The summed E-state index contributed by atoms with van der Waals surface area (Å²) in [6.07, 6.45) is 0. The van der Waals surface area contributed by atoms with Crippen molar-refractivity contribution in [2.75, 3.05) is 5.32 Å². The summed E-state index contributed by atoms with van der Waals surface area (Å²) in [5.41, 5.74) is 1.01. The molecule has 0 atom stereocenters. The van der Waals surface area contributed by atoms with Crippen molar-refractivity contribution in [1.82, 2.24) is 15.0 Å². The molecule has 0 unspecified atom stereocenters. The van der Waals surface area contributed by atoms with Crippen LogP contribution in [0.5, 0.6) is 0 Å². The molecular formula is C11H9ClN4S2. The second kappa shape index (κ2) is 4.79. The maximum Gasteiger partial charge on any atom is 0.225 e. The highest BCUT2D eigenvalue weighted by molar-refractivity contribution is 7.16. The van der Waals surface area contributed by atoms with Crippen LogP contribution in [0.15, 0.2) is 16.8 Å². The zero-order valence-corrected chi connectivity index (χ0v) is 11.9. The molecule has 7 heteroatoms. The van der Waals surface area contributed by atoms with Gasteiger partial charge >= 0.3 is 0 Å². The molecule has 18 heavy (non-hydrogen) atoms. The predicted octanol–water partition coefficient (Wildman–Crippen LogP) is 3.72. The van der Waals surface area contributed by atoms with Crippen molar-refractivity contribution >= 4 is 50.3 Å². The Bertz CT molecular complexity index is 691. The molecule has 0 fully saturated rings. The third-order valence-corrected chi connectivity index (χ3v) is 4.20. The van der Waals surface area contributed by atoms with Gasteiger partial charge in [0.15, 0.2) is 0 Å². The van der Waals surface area contributed by atoms with E-state index >= 15 is 0 Å². The van der Waals surface area contributed by atoms with Gasteiger partial charge in [-0.3, -0.25) is 0 Å². The zero-order chi connectivity index (χ0) is 12.5. The highest BCUT2D eigenvalue weighted by atomic mass is 35.5. The van der Waals surface area contributed by atoms with Gasteiger partial charge in [0, 0.05) is 5.38 Å². The first-order chi connectivity index (χ1) is 8.72. The van der Waals surface area contributed by atoms with Gasteiger partial charge in [-0.25, -0.2) is 15.0 Å². The van der Waals surface area contributed by atoms with Gasteiger partial charge in [0.1, 0.15) is 10.6 Å². The summed E-state index contributed by atoms with van der Waals surface area (Å²) in [4.78, 5) is 13.7. The Labute approximate surface area is 117 Å². The highest BCUT2D eigenvalue weighted by Crippen LogP contribution is 2.26. The monoisotopic (exact) mass is 296 g/mol. The SMILES string of the molecule is Cc1nc(CNc2nc(Cl)nc3sccc23)cs1. The molecule has 3 aromatic heterocycles. The third-order valence-electron chi connectivity index (χ3n) is 2.40. The fraction of sp³-hybridized carbons (Fsp3) is 0.182. The minimum atomic E-state index is 0.266. The van der Waals surface area contributed by atoms with Gasteiger partial charge in [-0.15, -0.1) is 22.7 Å². The lowest BCUT2D eigenvalue weighted by Crippen LogP contribution is -2.02. The van der Waals surface area contributed by atoms with E-state index in [4.69, 9.17) is 11.6 Å². The Hall–Kier alpha value is -1.24. The molecule has 0 aliphatic heterocycles. The molecule has 0 bridgehead atoms. The zero-order valence-electron chi connectivity index (χ0n) is 9.48. The van der Waals surface area contributed by atoms with Gasteiger partial charge in [-0.2, -0.15) is 0 Å². The number of halogens is 1. The number of aromatic nitrogens is 3. The first-order valence-electron chi connectivity index (χ1n) is 5.28. The molecule has 92 valence electrons. The molecule has 4 nitrogen and oxygen atoms in total. The van der Waals surface area contributed by atoms with Gasteiger partial charge in [0.2, 0.25) is 5.28 Å². The van der Waals surface area contributed by atoms with Crippen molar-refractivity contribution in [2.24, 2.45) is 0 Å². The molecule has 0 aromatic carbocycles. The minimum absolute atomic E-state index is 0.266. The summed E-state index contributed by atoms with van der Waals surface area (Å²) in [5.74, 6) is 0.761. The number of nitrogens with one attached hydrogen (secondary N) is 1. The summed E-state index contributed by atoms with van der Waals surface area (Å²) < 4.78 is 0. The van der Waals surface area contributed by atoms with Crippen LogP contribution in [0.1, 0.15) is 10.7 Å². The molecule has 3 aromatic rings. The number of hydrogen-bond donors (Lipinski definition) is 1. The number of aryl methyl sites for hydroxylation is 1. The molecule has 0 amide bonds. The van der Waals surface area contributed by atoms with E-state index in [-0.39, 0.29) is 5.28 Å². The summed E-state index contributed by atoms with van der Waals surface area (Å²) >= 11 is 9.09. The van der Waals surface area contributed by atoms with Gasteiger partial charge < -0.3 is 5.32 Å². The van der Waals surface area contributed by atoms with Crippen molar-refractivity contribution in [2.45, 2.75) is 13.5 Å². The fourth-order valence-electron chi connectivity index (χ4n) is 1.63. The number of fused-ring (bicyclic) bond motifs is 1. The molecule has 0 aliphatic rings. The predicted molar refractivity (Wildman–Crippen MR) is 76.6 cm³/mol. The second-order valence-electron chi connectivity index (χ2n) is 3.69. The summed E-state index contributed by atoms with van der Waals surface area (Å²) in [6, 6.07) is 1.99. The van der Waals surface area contributed by atoms with Crippen molar-refractivity contribution < 1.29 is 0 Å². The lowest BCUT2D eigenvalue weighted by molar-refractivity contribution is 1.04. The molecular weight excluding hydrogens is 288 g/mol. The van der Waals surface area contributed by atoms with Crippen LogP contribution in [0.4, 0.5) is 5.82 Å². The van der Waals surface area contributed by atoms with E-state index in [2.05, 4.69) is 20.3 Å². The Morgan fingerprint density at radius 2 is 2.17 bits per heavy atom. The van der Waals surface area contributed by atoms with Gasteiger partial charge in [-0.1, -0.05) is 0 Å². The number of hydrogen-bond acceptors (Lipinski definition) is 6. The Kier molecular flexibility index (Phi) is 3.15. The van der Waals surface area contributed by atoms with E-state index in [1.54, 1.807) is 22.7 Å². The van der Waals surface area contributed by atoms with E-state index < -0.39 is 0 Å². The van der Waals surface area contributed by atoms with E-state index in [1.807, 2.05) is 23.8 Å². The average molecular weight is 297 g/mol. The number of rotatable bonds is 3. The molecule has 3 heterocycles. The lowest BCUT2D eigenvalue weighted by atomic mass is 10.3. The van der Waals surface area contributed by atoms with Crippen LogP contribution in [0.3, 0.4) is 0 Å². The van der Waals surface area contributed by atoms with E-state index in [0.717, 1.165) is 26.7 Å². The van der Waals surface area contributed by atoms with Crippen molar-refractivity contribution in [1.29, 1.82) is 0 Å². The maximum absolute atomic E-state index is 5.90. The van der Waals surface area contributed by atoms with Crippen LogP contribution in [0.2, 0.25) is 5.28 Å². The Balaban J connectivity index is 1.87. The fourth-order valence-corrected chi connectivity index (χ4v) is 3.22. The van der Waals surface area contributed by atoms with Crippen molar-refractivity contribution in [3.05, 3.63) is 32.8 Å². The molecule has 0 spiro atoms. The summed E-state index contributed by atoms with van der Waals surface area (Å²) in [6.45, 7) is 2.63. The normalized spacial score (nSPS) is 11.0. The van der Waals surface area contributed by atoms with Crippen molar-refractivity contribution in [3.63, 3.8) is 0 Å². The van der Waals surface area contributed by atoms with Gasteiger partial charge in [0.05, 0.1) is 22.6 Å². The molecule has 1 N–H and O–H groups in total. The molecule has 3 rings (SSSR count). The maximum atomic E-state index is 5.90. The van der Waals surface area contributed by atoms with Crippen LogP contribution < -0.4 is 5.32 Å². The van der Waals surface area contributed by atoms with Gasteiger partial charge in [0.25, 0.3) is 0 Å². The molecule has 0 aliphatic carbocycles. The smallest absolute Gasteiger partial charge is 0.225 e. The standard InChI is InChI=1S/C11H9ClN4S2/c1-6-14-7(5-18-6)4-13-9-8-2-3-17-10(8)16-11(12)15-9/h2-3,5H,4H2,1H3,(H,13,15,16). The van der Waals surface area contributed by atoms with Crippen LogP contribution >= 0.6 is 34.3 Å². The molecule has 0 saturated carbocycles. The summed E-state index contributed by atoms with van der Waals surface area (Å²) in [5, 5.41) is 9.60. The molecule has 0 saturated heterocycles. The third kappa shape index (κ3) is 2.31. The highest BCUT2D eigenvalue weighted by Gasteiger charge is 2.08. The average Bonchev–Trinajstić information content (AvgIpc) is 2.94. The number of anilines is 1. The number of thiazole rings is 1. The van der Waals surface area contributed by atoms with Crippen LogP contribution in [0.25, 0.3) is 10.2 Å². The van der Waals surface area contributed by atoms with Crippen LogP contribution in [-0.4, -0.2) is 15.0 Å². The van der Waals surface area contributed by atoms with E-state index in [9.17, 15) is 0 Å². The first kappa shape index (κ1) is 11.8. The lowest BCUT2D eigenvalue weighted by Gasteiger charge is -2.05. The quantitative estimate of drug-likeness (QED) is 0.748. The van der Waals surface area contributed by atoms with E-state index in [0.29, 0.717) is 6.54 Å². The minimum Gasteiger partial charge on any atom is -0.364 e. The first-order valence-corrected chi connectivity index (χ1v) is 7.42. The molecule has 0 radical (unpaired) electrons. The number of nitrogens with zero attached hydrogens (tertiary/aromatic N) is 3. The topological polar surface area (TPSA) is 50.7 Å². The van der Waals surface area contributed by atoms with Gasteiger partial charge in [-0.05, 0) is 30.0 Å². The van der Waals surface area contributed by atoms with Crippen LogP contribution in [-0.2, 0) is 6.54 Å². The second-order valence-corrected chi connectivity index (χ2v) is 5.99. The summed E-state index contributed by atoms with van der Waals surface area (Å²) in [7, 11) is 0. The number of thiophene rings is 1. The van der Waals surface area contributed by atoms with Crippen LogP contribution in [0, 0.1) is 6.92 Å². The Morgan fingerprint density at radius 1 is 1.28 bits per heavy atom. The Morgan fingerprint density at radius 3 is 2.94 bits per heavy atom. The largest absolute Gasteiger partial charge is 0.364 e.